The Morgan fingerprint density at radius 1 is 0.789 bits per heavy atom. The first-order valence-corrected chi connectivity index (χ1v) is 11.7. The minimum absolute atomic E-state index is 0.0632. The molecule has 0 fully saturated rings. The van der Waals surface area contributed by atoms with Gasteiger partial charge in [-0.15, -0.1) is 0 Å². The van der Waals surface area contributed by atoms with Crippen molar-refractivity contribution in [1.82, 2.24) is 0 Å². The van der Waals surface area contributed by atoms with Gasteiger partial charge in [0.05, 0.1) is 12.7 Å². The molecule has 0 amide bonds. The lowest BCUT2D eigenvalue weighted by molar-refractivity contribution is 0.0735. The van der Waals surface area contributed by atoms with Crippen LogP contribution < -0.4 is 15.1 Å². The second-order valence-corrected chi connectivity index (χ2v) is 8.58. The Balaban J connectivity index is 1.57. The van der Waals surface area contributed by atoms with Crippen LogP contribution in [0.5, 0.6) is 11.5 Å². The molecule has 38 heavy (non-hydrogen) atoms. The Labute approximate surface area is 215 Å². The molecule has 6 nitrogen and oxygen atoms in total. The van der Waals surface area contributed by atoms with E-state index in [1.807, 2.05) is 42.5 Å². The minimum Gasteiger partial charge on any atom is -0.493 e. The molecule has 186 valence electrons. The zero-order valence-electron chi connectivity index (χ0n) is 20.1. The normalized spacial score (nSPS) is 11.1. The predicted molar refractivity (Wildman–Crippen MR) is 141 cm³/mol. The van der Waals surface area contributed by atoms with Crippen molar-refractivity contribution in [3.05, 3.63) is 119 Å². The molecule has 4 aromatic carbocycles. The highest BCUT2D eigenvalue weighted by atomic mass is 19.1. The lowest BCUT2D eigenvalue weighted by Crippen LogP contribution is -2.10. The highest BCUT2D eigenvalue weighted by Gasteiger charge is 2.20. The number of furan rings is 1. The zero-order valence-corrected chi connectivity index (χ0v) is 20.1. The van der Waals surface area contributed by atoms with Gasteiger partial charge in [0.1, 0.15) is 22.9 Å². The molecule has 0 spiro atoms. The van der Waals surface area contributed by atoms with Crippen LogP contribution in [-0.4, -0.2) is 13.1 Å². The molecular formula is C31H19FO6. The van der Waals surface area contributed by atoms with E-state index in [1.54, 1.807) is 31.4 Å². The molecule has 6 aromatic rings. The van der Waals surface area contributed by atoms with Gasteiger partial charge in [-0.05, 0) is 48.0 Å². The van der Waals surface area contributed by atoms with E-state index in [9.17, 15) is 14.0 Å². The van der Waals surface area contributed by atoms with Gasteiger partial charge in [0.25, 0.3) is 0 Å². The maximum absolute atomic E-state index is 13.8. The lowest BCUT2D eigenvalue weighted by atomic mass is 10.00. The van der Waals surface area contributed by atoms with E-state index in [-0.39, 0.29) is 16.9 Å². The van der Waals surface area contributed by atoms with Crippen LogP contribution in [0.15, 0.2) is 111 Å². The van der Waals surface area contributed by atoms with Gasteiger partial charge < -0.3 is 18.3 Å². The molecule has 0 aliphatic heterocycles. The van der Waals surface area contributed by atoms with Gasteiger partial charge in [0.2, 0.25) is 0 Å². The Kier molecular flexibility index (Phi) is 5.73. The topological polar surface area (TPSA) is 78.9 Å². The van der Waals surface area contributed by atoms with E-state index in [0.717, 1.165) is 17.0 Å². The van der Waals surface area contributed by atoms with Crippen LogP contribution >= 0.6 is 0 Å². The molecule has 6 rings (SSSR count). The molecule has 0 aliphatic carbocycles. The summed E-state index contributed by atoms with van der Waals surface area (Å²) in [4.78, 5) is 25.6. The smallest absolute Gasteiger partial charge is 0.343 e. The molecular weight excluding hydrogens is 487 g/mol. The third-order valence-corrected chi connectivity index (χ3v) is 6.19. The summed E-state index contributed by atoms with van der Waals surface area (Å²) < 4.78 is 36.6. The van der Waals surface area contributed by atoms with Crippen LogP contribution in [-0.2, 0) is 0 Å². The number of rotatable bonds is 5. The maximum atomic E-state index is 13.8. The number of benzene rings is 4. The van der Waals surface area contributed by atoms with Crippen molar-refractivity contribution in [2.75, 3.05) is 7.11 Å². The fourth-order valence-corrected chi connectivity index (χ4v) is 4.42. The van der Waals surface area contributed by atoms with Crippen LogP contribution in [0, 0.1) is 5.82 Å². The van der Waals surface area contributed by atoms with Gasteiger partial charge in [0, 0.05) is 28.0 Å². The molecule has 2 heterocycles. The molecule has 2 aromatic heterocycles. The van der Waals surface area contributed by atoms with Crippen LogP contribution in [0.25, 0.3) is 44.4 Å². The number of para-hydroxylation sites is 1. The Bertz CT molecular complexity index is 1880. The van der Waals surface area contributed by atoms with Crippen molar-refractivity contribution in [2.24, 2.45) is 0 Å². The fraction of sp³-hybridized carbons (Fsp3) is 0.0323. The molecule has 0 saturated carbocycles. The highest BCUT2D eigenvalue weighted by Crippen LogP contribution is 2.40. The minimum atomic E-state index is -0.728. The summed E-state index contributed by atoms with van der Waals surface area (Å²) in [5.74, 6) is -0.102. The summed E-state index contributed by atoms with van der Waals surface area (Å²) in [6.07, 6.45) is 0. The third-order valence-electron chi connectivity index (χ3n) is 6.19. The standard InChI is InChI=1S/C31H19FO6/c1-35-25-12-6-9-19-14-26(37-30(19)25)24-17-29(33)36-28-15-22(18-7-3-2-4-8-18)27(16-23(24)28)38-31(34)20-10-5-11-21(32)13-20/h2-17H,1H3. The van der Waals surface area contributed by atoms with E-state index in [0.29, 0.717) is 33.6 Å². The summed E-state index contributed by atoms with van der Waals surface area (Å²) >= 11 is 0. The average molecular weight is 506 g/mol. The maximum Gasteiger partial charge on any atom is 0.343 e. The van der Waals surface area contributed by atoms with Crippen molar-refractivity contribution in [2.45, 2.75) is 0 Å². The van der Waals surface area contributed by atoms with Crippen molar-refractivity contribution in [3.8, 4) is 33.9 Å². The predicted octanol–water partition coefficient (Wildman–Crippen LogP) is 7.24. The van der Waals surface area contributed by atoms with Crippen LogP contribution in [0.4, 0.5) is 4.39 Å². The monoisotopic (exact) mass is 506 g/mol. The summed E-state index contributed by atoms with van der Waals surface area (Å²) in [7, 11) is 1.55. The van der Waals surface area contributed by atoms with Crippen molar-refractivity contribution in [1.29, 1.82) is 0 Å². The van der Waals surface area contributed by atoms with Gasteiger partial charge in [0.15, 0.2) is 11.3 Å². The number of carbonyl (C=O) groups excluding carboxylic acids is 1. The summed E-state index contributed by atoms with van der Waals surface area (Å²) in [6.45, 7) is 0. The van der Waals surface area contributed by atoms with Crippen LogP contribution in [0.3, 0.4) is 0 Å². The van der Waals surface area contributed by atoms with E-state index < -0.39 is 17.4 Å². The van der Waals surface area contributed by atoms with Crippen molar-refractivity contribution < 1.29 is 27.5 Å². The number of hydrogen-bond donors (Lipinski definition) is 0. The number of halogens is 1. The highest BCUT2D eigenvalue weighted by molar-refractivity contribution is 6.00. The van der Waals surface area contributed by atoms with Gasteiger partial charge >= 0.3 is 11.6 Å². The first-order valence-electron chi connectivity index (χ1n) is 11.7. The quantitative estimate of drug-likeness (QED) is 0.139. The Hall–Kier alpha value is -5.17. The summed E-state index contributed by atoms with van der Waals surface area (Å²) in [6, 6.07) is 26.4. The molecule has 0 unspecified atom stereocenters. The summed E-state index contributed by atoms with van der Waals surface area (Å²) in [5, 5.41) is 1.28. The van der Waals surface area contributed by atoms with Crippen molar-refractivity contribution >= 4 is 27.9 Å². The Morgan fingerprint density at radius 2 is 1.61 bits per heavy atom. The number of carbonyl (C=O) groups is 1. The van der Waals surface area contributed by atoms with E-state index in [1.165, 1.54) is 24.3 Å². The number of hydrogen-bond acceptors (Lipinski definition) is 6. The van der Waals surface area contributed by atoms with Crippen molar-refractivity contribution in [3.63, 3.8) is 0 Å². The second kappa shape index (κ2) is 9.37. The van der Waals surface area contributed by atoms with E-state index in [4.69, 9.17) is 18.3 Å². The zero-order chi connectivity index (χ0) is 26.2. The number of esters is 1. The molecule has 0 bridgehead atoms. The van der Waals surface area contributed by atoms with E-state index in [2.05, 4.69) is 0 Å². The summed E-state index contributed by atoms with van der Waals surface area (Å²) in [5.41, 5.74) is 2.02. The van der Waals surface area contributed by atoms with E-state index >= 15 is 0 Å². The molecule has 0 atom stereocenters. The largest absolute Gasteiger partial charge is 0.493 e. The molecule has 0 saturated heterocycles. The third kappa shape index (κ3) is 4.20. The number of ether oxygens (including phenoxy) is 2. The van der Waals surface area contributed by atoms with Gasteiger partial charge in [-0.3, -0.25) is 0 Å². The average Bonchev–Trinajstić information content (AvgIpc) is 3.37. The molecule has 7 heteroatoms. The molecule has 0 radical (unpaired) electrons. The molecule has 0 N–H and O–H groups in total. The lowest BCUT2D eigenvalue weighted by Gasteiger charge is -2.13. The fourth-order valence-electron chi connectivity index (χ4n) is 4.42. The van der Waals surface area contributed by atoms with Gasteiger partial charge in [-0.1, -0.05) is 48.5 Å². The SMILES string of the molecule is COc1cccc2cc(-c3cc(=O)oc4cc(-c5ccccc5)c(OC(=O)c5cccc(F)c5)cc34)oc12. The Morgan fingerprint density at radius 3 is 2.39 bits per heavy atom. The second-order valence-electron chi connectivity index (χ2n) is 8.58. The van der Waals surface area contributed by atoms with Gasteiger partial charge in [-0.2, -0.15) is 0 Å². The number of fused-ring (bicyclic) bond motifs is 2. The molecule has 0 aliphatic rings. The van der Waals surface area contributed by atoms with Crippen LogP contribution in [0.2, 0.25) is 0 Å². The first-order chi connectivity index (χ1) is 18.5. The number of methoxy groups -OCH3 is 1. The van der Waals surface area contributed by atoms with Crippen LogP contribution in [0.1, 0.15) is 10.4 Å². The first kappa shape index (κ1) is 23.2. The van der Waals surface area contributed by atoms with Gasteiger partial charge in [-0.25, -0.2) is 14.0 Å².